The molecule has 0 aromatic heterocycles. The van der Waals surface area contributed by atoms with Crippen LogP contribution in [-0.2, 0) is 19.7 Å². The zero-order chi connectivity index (χ0) is 26.3. The predicted molar refractivity (Wildman–Crippen MR) is 143 cm³/mol. The molecule has 0 spiro atoms. The third-order valence-corrected chi connectivity index (χ3v) is 8.61. The maximum absolute atomic E-state index is 15.2. The molecule has 2 aliphatic rings. The Kier molecular flexibility index (Phi) is 9.96. The fourth-order valence-corrected chi connectivity index (χ4v) is 6.71. The van der Waals surface area contributed by atoms with Crippen LogP contribution in [0.1, 0.15) is 15.9 Å². The number of hydrogen-bond donors (Lipinski definition) is 0. The number of fused-ring (bicyclic) bond motifs is 1. The Labute approximate surface area is 224 Å². The summed E-state index contributed by atoms with van der Waals surface area (Å²) in [5.41, 5.74) is -0.543. The van der Waals surface area contributed by atoms with Crippen molar-refractivity contribution < 1.29 is 27.8 Å². The van der Waals surface area contributed by atoms with Crippen molar-refractivity contribution in [3.8, 4) is 0 Å². The largest absolute Gasteiger partial charge is 0.383 e. The van der Waals surface area contributed by atoms with Gasteiger partial charge in [0.1, 0.15) is 17.5 Å². The van der Waals surface area contributed by atoms with E-state index >= 15 is 8.78 Å². The lowest BCUT2D eigenvalue weighted by atomic mass is 9.75. The van der Waals surface area contributed by atoms with Gasteiger partial charge in [-0.3, -0.25) is 4.79 Å². The molecule has 7 nitrogen and oxygen atoms in total. The second kappa shape index (κ2) is 13.2. The lowest BCUT2D eigenvalue weighted by molar-refractivity contribution is -0.0528. The van der Waals surface area contributed by atoms with Gasteiger partial charge in [0.15, 0.2) is 5.17 Å². The molecule has 4 rings (SSSR count). The Morgan fingerprint density at radius 2 is 1.81 bits per heavy atom. The molecule has 11 heteroatoms. The Morgan fingerprint density at radius 3 is 2.49 bits per heavy atom. The summed E-state index contributed by atoms with van der Waals surface area (Å²) in [7, 11) is 3.23. The number of nitrogens with zero attached hydrogens (tertiary/aromatic N) is 3. The van der Waals surface area contributed by atoms with Crippen LogP contribution in [0.5, 0.6) is 0 Å². The Hall–Kier alpha value is -2.02. The molecule has 2 aliphatic heterocycles. The fourth-order valence-electron chi connectivity index (χ4n) is 4.38. The quantitative estimate of drug-likeness (QED) is 0.406. The molecule has 0 unspecified atom stereocenters. The van der Waals surface area contributed by atoms with Crippen molar-refractivity contribution in [2.24, 2.45) is 10.9 Å². The minimum Gasteiger partial charge on any atom is -0.383 e. The normalized spacial score (nSPS) is 23.4. The number of methoxy groups -OCH3 is 2. The maximum atomic E-state index is 15.2. The monoisotopic (exact) mass is 551 g/mol. The zero-order valence-corrected chi connectivity index (χ0v) is 22.5. The van der Waals surface area contributed by atoms with Crippen molar-refractivity contribution in [1.29, 1.82) is 0 Å². The summed E-state index contributed by atoms with van der Waals surface area (Å²) in [6, 6.07) is 15.2. The summed E-state index contributed by atoms with van der Waals surface area (Å²) >= 11 is 2.49. The summed E-state index contributed by atoms with van der Waals surface area (Å²) in [6.45, 7) is 1.91. The highest BCUT2D eigenvalue weighted by Crippen LogP contribution is 2.47. The minimum absolute atomic E-state index is 0.0260. The van der Waals surface area contributed by atoms with E-state index in [1.165, 1.54) is 34.3 Å². The highest BCUT2D eigenvalue weighted by molar-refractivity contribution is 8.15. The summed E-state index contributed by atoms with van der Waals surface area (Å²) in [5.74, 6) is -1.03. The van der Waals surface area contributed by atoms with Gasteiger partial charge in [-0.05, 0) is 18.2 Å². The molecule has 2 heterocycles. The number of hydrogen-bond acceptors (Lipinski definition) is 8. The minimum atomic E-state index is -1.31. The van der Waals surface area contributed by atoms with Gasteiger partial charge < -0.3 is 14.2 Å². The van der Waals surface area contributed by atoms with Gasteiger partial charge in [0.05, 0.1) is 26.4 Å². The lowest BCUT2D eigenvalue weighted by Crippen LogP contribution is -2.54. The second-order valence-corrected chi connectivity index (χ2v) is 10.7. The smallest absolute Gasteiger partial charge is 0.271 e. The van der Waals surface area contributed by atoms with E-state index in [1.54, 1.807) is 56.7 Å². The standard InChI is InChI=1S/C26H31F2N3O4S2/c1-33-14-12-30(13-15-34-2)37-31(24(32)19-8-4-3-5-9-19)25-29-26(20-10-6-7-11-22(20)27)18-35-16-23(28)21(26)17-36-25/h3-11,21,23H,12-18H2,1-2H3/t21-,23-,26-/m1/s1. The van der Waals surface area contributed by atoms with E-state index in [0.29, 0.717) is 42.8 Å². The topological polar surface area (TPSA) is 63.6 Å². The number of aliphatic imine (C=N–C) groups is 1. The maximum Gasteiger partial charge on any atom is 0.271 e. The number of thioether (sulfide) groups is 1. The van der Waals surface area contributed by atoms with Crippen LogP contribution in [0.15, 0.2) is 59.6 Å². The number of amides is 1. The molecule has 1 fully saturated rings. The summed E-state index contributed by atoms with van der Waals surface area (Å²) in [4.78, 5) is 18.7. The van der Waals surface area contributed by atoms with Crippen LogP contribution in [0.2, 0.25) is 0 Å². The van der Waals surface area contributed by atoms with Gasteiger partial charge in [0.2, 0.25) is 0 Å². The summed E-state index contributed by atoms with van der Waals surface area (Å²) < 4.78 is 49.9. The van der Waals surface area contributed by atoms with Gasteiger partial charge in [-0.1, -0.05) is 48.2 Å². The number of carbonyl (C=O) groups is 1. The Morgan fingerprint density at radius 1 is 1.14 bits per heavy atom. The molecule has 1 amide bonds. The van der Waals surface area contributed by atoms with Crippen LogP contribution in [0, 0.1) is 11.7 Å². The second-order valence-electron chi connectivity index (χ2n) is 8.71. The van der Waals surface area contributed by atoms with Crippen molar-refractivity contribution in [2.75, 3.05) is 59.5 Å². The first kappa shape index (κ1) is 28.0. The van der Waals surface area contributed by atoms with Gasteiger partial charge in [0, 0.05) is 62.2 Å². The number of carbonyl (C=O) groups excluding carboxylic acids is 1. The van der Waals surface area contributed by atoms with E-state index in [-0.39, 0.29) is 24.7 Å². The Balaban J connectivity index is 1.78. The van der Waals surface area contributed by atoms with Crippen molar-refractivity contribution in [2.45, 2.75) is 11.7 Å². The first-order chi connectivity index (χ1) is 18.0. The lowest BCUT2D eigenvalue weighted by Gasteiger charge is -2.46. The molecule has 37 heavy (non-hydrogen) atoms. The number of halogens is 2. The zero-order valence-electron chi connectivity index (χ0n) is 20.8. The van der Waals surface area contributed by atoms with Crippen LogP contribution < -0.4 is 0 Å². The molecule has 2 aromatic carbocycles. The van der Waals surface area contributed by atoms with Crippen molar-refractivity contribution in [3.05, 3.63) is 71.5 Å². The van der Waals surface area contributed by atoms with Crippen LogP contribution in [-0.4, -0.2) is 85.3 Å². The third-order valence-electron chi connectivity index (χ3n) is 6.34. The number of alkyl halides is 1. The van der Waals surface area contributed by atoms with Crippen molar-refractivity contribution in [3.63, 3.8) is 0 Å². The highest BCUT2D eigenvalue weighted by atomic mass is 32.2. The number of amidine groups is 1. The molecule has 3 atom stereocenters. The van der Waals surface area contributed by atoms with Crippen molar-refractivity contribution >= 4 is 35.0 Å². The molecule has 2 aromatic rings. The van der Waals surface area contributed by atoms with Crippen LogP contribution in [0.4, 0.5) is 8.78 Å². The molecule has 200 valence electrons. The summed E-state index contributed by atoms with van der Waals surface area (Å²) in [6.07, 6.45) is -1.31. The van der Waals surface area contributed by atoms with Gasteiger partial charge in [-0.15, -0.1) is 0 Å². The van der Waals surface area contributed by atoms with E-state index in [0.717, 1.165) is 0 Å². The van der Waals surface area contributed by atoms with Gasteiger partial charge in [0.25, 0.3) is 5.91 Å². The number of benzene rings is 2. The van der Waals surface area contributed by atoms with E-state index in [2.05, 4.69) is 0 Å². The van der Waals surface area contributed by atoms with E-state index in [4.69, 9.17) is 19.2 Å². The fraction of sp³-hybridized carbons (Fsp3) is 0.462. The van der Waals surface area contributed by atoms with Gasteiger partial charge >= 0.3 is 0 Å². The SMILES string of the molecule is COCCN(CCOC)SN(C(=O)c1ccccc1)C1=N[C@@]2(c3ccccc3F)COC[C@@H](F)[C@H]2CS1. The molecule has 0 N–H and O–H groups in total. The molecule has 0 saturated carbocycles. The van der Waals surface area contributed by atoms with Gasteiger partial charge in [-0.25, -0.2) is 22.4 Å². The van der Waals surface area contributed by atoms with Crippen LogP contribution >= 0.6 is 23.9 Å². The molecule has 0 radical (unpaired) electrons. The van der Waals surface area contributed by atoms with Crippen LogP contribution in [0.3, 0.4) is 0 Å². The van der Waals surface area contributed by atoms with Crippen LogP contribution in [0.25, 0.3) is 0 Å². The van der Waals surface area contributed by atoms with E-state index < -0.39 is 23.4 Å². The van der Waals surface area contributed by atoms with Crippen molar-refractivity contribution in [1.82, 2.24) is 8.61 Å². The first-order valence-corrected chi connectivity index (χ1v) is 13.7. The predicted octanol–water partition coefficient (Wildman–Crippen LogP) is 4.41. The van der Waals surface area contributed by atoms with Gasteiger partial charge in [-0.2, -0.15) is 0 Å². The molecular weight excluding hydrogens is 520 g/mol. The molecular formula is C26H31F2N3O4S2. The average Bonchev–Trinajstić information content (AvgIpc) is 2.93. The van der Waals surface area contributed by atoms with E-state index in [9.17, 15) is 4.79 Å². The summed E-state index contributed by atoms with van der Waals surface area (Å²) in [5, 5.41) is 0.371. The number of ether oxygens (including phenoxy) is 3. The first-order valence-electron chi connectivity index (χ1n) is 12.0. The third kappa shape index (κ3) is 6.35. The highest BCUT2D eigenvalue weighted by Gasteiger charge is 2.52. The number of rotatable bonds is 10. The molecule has 0 aliphatic carbocycles. The Bertz CT molecular complexity index is 1070. The van der Waals surface area contributed by atoms with E-state index in [1.807, 2.05) is 10.4 Å². The molecule has 0 bridgehead atoms. The average molecular weight is 552 g/mol. The molecule has 1 saturated heterocycles.